The van der Waals surface area contributed by atoms with E-state index >= 15 is 0 Å². The number of carbonyl (C=O) groups excluding carboxylic acids is 1. The van der Waals surface area contributed by atoms with E-state index in [1.54, 1.807) is 6.20 Å². The topological polar surface area (TPSA) is 71.2 Å². The van der Waals surface area contributed by atoms with Crippen LogP contribution in [0.25, 0.3) is 0 Å². The van der Waals surface area contributed by atoms with Crippen molar-refractivity contribution in [1.82, 2.24) is 4.98 Å². The van der Waals surface area contributed by atoms with Crippen molar-refractivity contribution in [3.05, 3.63) is 18.3 Å². The van der Waals surface area contributed by atoms with Gasteiger partial charge in [0.2, 0.25) is 5.91 Å². The van der Waals surface area contributed by atoms with E-state index in [-0.39, 0.29) is 5.91 Å². The summed E-state index contributed by atoms with van der Waals surface area (Å²) in [6.45, 7) is 2.15. The predicted molar refractivity (Wildman–Crippen MR) is 75.1 cm³/mol. The van der Waals surface area contributed by atoms with Gasteiger partial charge in [-0.1, -0.05) is 0 Å². The molecule has 0 aromatic carbocycles. The number of pyridine rings is 1. The third-order valence-electron chi connectivity index (χ3n) is 3.93. The Morgan fingerprint density at radius 2 is 2.00 bits per heavy atom. The minimum absolute atomic E-state index is 0.0972. The fourth-order valence-electron chi connectivity index (χ4n) is 2.39. The number of piperidine rings is 1. The maximum atomic E-state index is 11.8. The lowest BCUT2D eigenvalue weighted by molar-refractivity contribution is -0.118. The van der Waals surface area contributed by atoms with Crippen LogP contribution in [0.15, 0.2) is 18.3 Å². The van der Waals surface area contributed by atoms with Crippen LogP contribution in [0.4, 0.5) is 11.5 Å². The van der Waals surface area contributed by atoms with E-state index < -0.39 is 5.54 Å². The van der Waals surface area contributed by atoms with Crippen LogP contribution in [0.2, 0.25) is 0 Å². The highest BCUT2D eigenvalue weighted by Crippen LogP contribution is 2.33. The number of carbonyl (C=O) groups is 1. The maximum Gasteiger partial charge on any atom is 0.244 e. The van der Waals surface area contributed by atoms with Gasteiger partial charge in [0.15, 0.2) is 0 Å². The molecular weight excluding hydrogens is 240 g/mol. The first-order chi connectivity index (χ1) is 9.17. The first kappa shape index (κ1) is 12.4. The molecule has 0 spiro atoms. The summed E-state index contributed by atoms with van der Waals surface area (Å²) in [7, 11) is 0. The minimum Gasteiger partial charge on any atom is -0.357 e. The van der Waals surface area contributed by atoms with Gasteiger partial charge in [0.25, 0.3) is 0 Å². The van der Waals surface area contributed by atoms with Crippen LogP contribution in [-0.4, -0.2) is 29.5 Å². The summed E-state index contributed by atoms with van der Waals surface area (Å²) in [5.41, 5.74) is 5.94. The van der Waals surface area contributed by atoms with Gasteiger partial charge in [0.05, 0.1) is 17.4 Å². The Kier molecular flexibility index (Phi) is 3.14. The Labute approximate surface area is 113 Å². The Balaban J connectivity index is 1.63. The molecule has 5 nitrogen and oxygen atoms in total. The second-order valence-corrected chi connectivity index (χ2v) is 5.56. The Morgan fingerprint density at radius 1 is 1.26 bits per heavy atom. The Bertz CT molecular complexity index is 461. The normalized spacial score (nSPS) is 21.0. The highest BCUT2D eigenvalue weighted by molar-refractivity contribution is 5.99. The lowest BCUT2D eigenvalue weighted by Gasteiger charge is -2.27. The smallest absolute Gasteiger partial charge is 0.244 e. The molecule has 1 aromatic rings. The van der Waals surface area contributed by atoms with Crippen LogP contribution >= 0.6 is 0 Å². The van der Waals surface area contributed by atoms with Crippen LogP contribution in [0, 0.1) is 0 Å². The fourth-order valence-corrected chi connectivity index (χ4v) is 2.39. The predicted octanol–water partition coefficient (Wildman–Crippen LogP) is 1.50. The highest BCUT2D eigenvalue weighted by atomic mass is 16.2. The van der Waals surface area contributed by atoms with Crippen molar-refractivity contribution in [1.29, 1.82) is 0 Å². The van der Waals surface area contributed by atoms with Crippen LogP contribution in [0.1, 0.15) is 32.1 Å². The molecular formula is C14H20N4O. The SMILES string of the molecule is NC1(C(=O)Nc2ccc(N3CCCCC3)nc2)CC1. The summed E-state index contributed by atoms with van der Waals surface area (Å²) in [6.07, 6.45) is 7.04. The van der Waals surface area contributed by atoms with Crippen molar-refractivity contribution in [2.75, 3.05) is 23.3 Å². The summed E-state index contributed by atoms with van der Waals surface area (Å²) in [6, 6.07) is 3.87. The minimum atomic E-state index is -0.633. The summed E-state index contributed by atoms with van der Waals surface area (Å²) >= 11 is 0. The molecule has 1 amide bonds. The molecule has 1 saturated heterocycles. The monoisotopic (exact) mass is 260 g/mol. The zero-order valence-corrected chi connectivity index (χ0v) is 11.1. The molecule has 5 heteroatoms. The molecule has 0 bridgehead atoms. The molecule has 2 aliphatic rings. The fraction of sp³-hybridized carbons (Fsp3) is 0.571. The maximum absolute atomic E-state index is 11.8. The van der Waals surface area contributed by atoms with Gasteiger partial charge >= 0.3 is 0 Å². The van der Waals surface area contributed by atoms with Gasteiger partial charge < -0.3 is 16.0 Å². The molecule has 0 atom stereocenters. The zero-order chi connectivity index (χ0) is 13.3. The number of hydrogen-bond acceptors (Lipinski definition) is 4. The van der Waals surface area contributed by atoms with Gasteiger partial charge in [-0.05, 0) is 44.2 Å². The van der Waals surface area contributed by atoms with E-state index in [1.807, 2.05) is 12.1 Å². The Morgan fingerprint density at radius 3 is 2.58 bits per heavy atom. The number of nitrogens with one attached hydrogen (secondary N) is 1. The van der Waals surface area contributed by atoms with Crippen LogP contribution < -0.4 is 16.0 Å². The Hall–Kier alpha value is -1.62. The molecule has 1 saturated carbocycles. The molecule has 1 aromatic heterocycles. The third-order valence-corrected chi connectivity index (χ3v) is 3.93. The number of amides is 1. The average Bonchev–Trinajstić information content (AvgIpc) is 3.20. The number of rotatable bonds is 3. The van der Waals surface area contributed by atoms with E-state index in [0.717, 1.165) is 37.4 Å². The summed E-state index contributed by atoms with van der Waals surface area (Å²) in [5.74, 6) is 0.895. The second kappa shape index (κ2) is 4.81. The molecule has 1 aliphatic heterocycles. The van der Waals surface area contributed by atoms with Crippen molar-refractivity contribution >= 4 is 17.4 Å². The summed E-state index contributed by atoms with van der Waals surface area (Å²) < 4.78 is 0. The summed E-state index contributed by atoms with van der Waals surface area (Å²) in [4.78, 5) is 18.5. The molecule has 3 N–H and O–H groups in total. The van der Waals surface area contributed by atoms with Crippen molar-refractivity contribution in [2.45, 2.75) is 37.6 Å². The number of hydrogen-bond donors (Lipinski definition) is 2. The first-order valence-corrected chi connectivity index (χ1v) is 6.99. The van der Waals surface area contributed by atoms with Crippen molar-refractivity contribution < 1.29 is 4.79 Å². The second-order valence-electron chi connectivity index (χ2n) is 5.56. The highest BCUT2D eigenvalue weighted by Gasteiger charge is 2.45. The molecule has 1 aliphatic carbocycles. The first-order valence-electron chi connectivity index (χ1n) is 6.99. The summed E-state index contributed by atoms with van der Waals surface area (Å²) in [5, 5.41) is 2.83. The van der Waals surface area contributed by atoms with Crippen molar-refractivity contribution in [3.8, 4) is 0 Å². The van der Waals surface area contributed by atoms with Crippen molar-refractivity contribution in [2.24, 2.45) is 5.73 Å². The van der Waals surface area contributed by atoms with Gasteiger partial charge in [-0.25, -0.2) is 4.98 Å². The number of aromatic nitrogens is 1. The molecule has 0 radical (unpaired) electrons. The molecule has 102 valence electrons. The molecule has 0 unspecified atom stereocenters. The quantitative estimate of drug-likeness (QED) is 0.864. The zero-order valence-electron chi connectivity index (χ0n) is 11.1. The van der Waals surface area contributed by atoms with E-state index in [2.05, 4.69) is 15.2 Å². The van der Waals surface area contributed by atoms with Crippen LogP contribution in [0.5, 0.6) is 0 Å². The average molecular weight is 260 g/mol. The van der Waals surface area contributed by atoms with Gasteiger partial charge in [-0.15, -0.1) is 0 Å². The number of anilines is 2. The number of nitrogens with two attached hydrogens (primary N) is 1. The van der Waals surface area contributed by atoms with Gasteiger partial charge in [0, 0.05) is 13.1 Å². The van der Waals surface area contributed by atoms with Crippen LogP contribution in [-0.2, 0) is 4.79 Å². The standard InChI is InChI=1S/C14H20N4O/c15-14(6-7-14)13(19)17-11-4-5-12(16-10-11)18-8-2-1-3-9-18/h4-5,10H,1-3,6-9,15H2,(H,17,19). The van der Waals surface area contributed by atoms with E-state index in [4.69, 9.17) is 5.73 Å². The third kappa shape index (κ3) is 2.71. The van der Waals surface area contributed by atoms with E-state index in [0.29, 0.717) is 0 Å². The van der Waals surface area contributed by atoms with E-state index in [9.17, 15) is 4.79 Å². The molecule has 2 heterocycles. The molecule has 3 rings (SSSR count). The lowest BCUT2D eigenvalue weighted by atomic mass is 10.1. The van der Waals surface area contributed by atoms with Crippen molar-refractivity contribution in [3.63, 3.8) is 0 Å². The van der Waals surface area contributed by atoms with Gasteiger partial charge in [0.1, 0.15) is 5.82 Å². The van der Waals surface area contributed by atoms with Crippen LogP contribution in [0.3, 0.4) is 0 Å². The molecule has 19 heavy (non-hydrogen) atoms. The largest absolute Gasteiger partial charge is 0.357 e. The number of nitrogens with zero attached hydrogens (tertiary/aromatic N) is 2. The lowest BCUT2D eigenvalue weighted by Crippen LogP contribution is -2.37. The van der Waals surface area contributed by atoms with E-state index in [1.165, 1.54) is 19.3 Å². The van der Waals surface area contributed by atoms with Gasteiger partial charge in [-0.2, -0.15) is 0 Å². The molecule has 2 fully saturated rings. The van der Waals surface area contributed by atoms with Gasteiger partial charge in [-0.3, -0.25) is 4.79 Å².